The number of aromatic nitrogens is 5. The Morgan fingerprint density at radius 3 is 2.79 bits per heavy atom. The van der Waals surface area contributed by atoms with Gasteiger partial charge in [-0.25, -0.2) is 9.97 Å². The maximum atomic E-state index is 12.8. The van der Waals surface area contributed by atoms with Crippen LogP contribution in [-0.2, 0) is 6.54 Å². The molecule has 4 aromatic rings. The normalized spacial score (nSPS) is 12.4. The van der Waals surface area contributed by atoms with Crippen LogP contribution in [0.25, 0.3) is 11.0 Å². The Kier molecular flexibility index (Phi) is 4.72. The maximum Gasteiger partial charge on any atom is 0.274 e. The molecule has 0 aliphatic heterocycles. The molecule has 0 aliphatic rings. The fourth-order valence-electron chi connectivity index (χ4n) is 3.14. The topological polar surface area (TPSA) is 79.7 Å². The van der Waals surface area contributed by atoms with Gasteiger partial charge in [0.05, 0.1) is 35.6 Å². The van der Waals surface area contributed by atoms with Crippen LogP contribution < -0.4 is 0 Å². The summed E-state index contributed by atoms with van der Waals surface area (Å²) in [4.78, 5) is 23.2. The standard InChI is InChI=1S/C20H22N6OS/c1-12-7-16-18(8-13(12)2)26(11-22-16)10-15-9-17(24-23-15)20(27)25(4)14(3)19-21-5-6-28-19/h5-9,11,14H,10H2,1-4H3,(H,23,24)/t14-/m0/s1. The molecule has 1 N–H and O–H groups in total. The van der Waals surface area contributed by atoms with Gasteiger partial charge in [-0.2, -0.15) is 5.10 Å². The number of rotatable bonds is 5. The van der Waals surface area contributed by atoms with E-state index in [0.717, 1.165) is 21.7 Å². The molecule has 1 amide bonds. The lowest BCUT2D eigenvalue weighted by molar-refractivity contribution is 0.0736. The monoisotopic (exact) mass is 394 g/mol. The second kappa shape index (κ2) is 7.20. The van der Waals surface area contributed by atoms with Crippen molar-refractivity contribution in [3.63, 3.8) is 0 Å². The third-order valence-electron chi connectivity index (χ3n) is 5.14. The van der Waals surface area contributed by atoms with E-state index in [1.807, 2.05) is 18.6 Å². The molecule has 4 rings (SSSR count). The van der Waals surface area contributed by atoms with E-state index in [4.69, 9.17) is 0 Å². The van der Waals surface area contributed by atoms with Crippen LogP contribution in [0.15, 0.2) is 36.1 Å². The summed E-state index contributed by atoms with van der Waals surface area (Å²) < 4.78 is 2.06. The number of amides is 1. The first-order chi connectivity index (χ1) is 13.4. The van der Waals surface area contributed by atoms with Crippen molar-refractivity contribution in [1.29, 1.82) is 0 Å². The number of H-pyrrole nitrogens is 1. The average molecular weight is 395 g/mol. The first-order valence-electron chi connectivity index (χ1n) is 9.07. The molecule has 1 aromatic carbocycles. The Bertz CT molecular complexity index is 1130. The van der Waals surface area contributed by atoms with E-state index in [0.29, 0.717) is 12.2 Å². The quantitative estimate of drug-likeness (QED) is 0.559. The SMILES string of the molecule is Cc1cc2ncn(Cc3cc(C(=O)N(C)[C@@H](C)c4nccs4)n[nH]3)c2cc1C. The highest BCUT2D eigenvalue weighted by Crippen LogP contribution is 2.23. The maximum absolute atomic E-state index is 12.8. The number of aromatic amines is 1. The Morgan fingerprint density at radius 2 is 2.04 bits per heavy atom. The van der Waals surface area contributed by atoms with Crippen LogP contribution in [-0.4, -0.2) is 42.6 Å². The van der Waals surface area contributed by atoms with Crippen LogP contribution >= 0.6 is 11.3 Å². The molecular weight excluding hydrogens is 372 g/mol. The van der Waals surface area contributed by atoms with Gasteiger partial charge in [0, 0.05) is 18.6 Å². The number of imidazole rings is 1. The molecular formula is C20H22N6OS. The Balaban J connectivity index is 1.53. The van der Waals surface area contributed by atoms with Gasteiger partial charge in [-0.15, -0.1) is 11.3 Å². The number of carbonyl (C=O) groups is 1. The highest BCUT2D eigenvalue weighted by molar-refractivity contribution is 7.09. The molecule has 28 heavy (non-hydrogen) atoms. The van der Waals surface area contributed by atoms with E-state index < -0.39 is 0 Å². The van der Waals surface area contributed by atoms with Gasteiger partial charge >= 0.3 is 0 Å². The summed E-state index contributed by atoms with van der Waals surface area (Å²) in [6.45, 7) is 6.72. The number of thiazole rings is 1. The first-order valence-corrected chi connectivity index (χ1v) is 9.95. The molecule has 8 heteroatoms. The van der Waals surface area contributed by atoms with Gasteiger partial charge in [-0.1, -0.05) is 0 Å². The van der Waals surface area contributed by atoms with Gasteiger partial charge in [0.25, 0.3) is 5.91 Å². The van der Waals surface area contributed by atoms with Crippen molar-refractivity contribution in [3.05, 3.63) is 63.6 Å². The minimum Gasteiger partial charge on any atom is -0.331 e. The molecule has 0 fully saturated rings. The molecule has 3 aromatic heterocycles. The molecule has 0 saturated heterocycles. The fourth-order valence-corrected chi connectivity index (χ4v) is 3.88. The zero-order valence-electron chi connectivity index (χ0n) is 16.3. The van der Waals surface area contributed by atoms with Gasteiger partial charge < -0.3 is 9.47 Å². The van der Waals surface area contributed by atoms with Crippen molar-refractivity contribution in [3.8, 4) is 0 Å². The molecule has 0 bridgehead atoms. The summed E-state index contributed by atoms with van der Waals surface area (Å²) in [7, 11) is 1.78. The van der Waals surface area contributed by atoms with Crippen LogP contribution in [0.2, 0.25) is 0 Å². The minimum atomic E-state index is -0.132. The first kappa shape index (κ1) is 18.4. The van der Waals surface area contributed by atoms with E-state index in [1.165, 1.54) is 22.5 Å². The third kappa shape index (κ3) is 3.31. The summed E-state index contributed by atoms with van der Waals surface area (Å²) in [5, 5.41) is 10.0. The summed E-state index contributed by atoms with van der Waals surface area (Å²) in [5.41, 5.74) is 5.75. The molecule has 144 valence electrons. The van der Waals surface area contributed by atoms with Crippen molar-refractivity contribution in [2.24, 2.45) is 0 Å². The number of hydrogen-bond donors (Lipinski definition) is 1. The molecule has 0 radical (unpaired) electrons. The smallest absolute Gasteiger partial charge is 0.274 e. The lowest BCUT2D eigenvalue weighted by atomic mass is 10.1. The predicted molar refractivity (Wildman–Crippen MR) is 110 cm³/mol. The van der Waals surface area contributed by atoms with Gasteiger partial charge in [-0.3, -0.25) is 9.89 Å². The number of carbonyl (C=O) groups excluding carboxylic acids is 1. The summed E-state index contributed by atoms with van der Waals surface area (Å²) in [6, 6.07) is 5.94. The predicted octanol–water partition coefficient (Wildman–Crippen LogP) is 3.71. The van der Waals surface area contributed by atoms with Crippen molar-refractivity contribution >= 4 is 28.3 Å². The second-order valence-corrected chi connectivity index (χ2v) is 7.96. The van der Waals surface area contributed by atoms with Crippen LogP contribution in [0, 0.1) is 13.8 Å². The average Bonchev–Trinajstić information content (AvgIpc) is 3.43. The van der Waals surface area contributed by atoms with Gasteiger partial charge in [0.1, 0.15) is 10.7 Å². The Labute approximate surface area is 167 Å². The molecule has 0 unspecified atom stereocenters. The Hall–Kier alpha value is -3.00. The van der Waals surface area contributed by atoms with E-state index in [1.54, 1.807) is 24.2 Å². The highest BCUT2D eigenvalue weighted by Gasteiger charge is 2.22. The number of nitrogens with one attached hydrogen (secondary N) is 1. The van der Waals surface area contributed by atoms with Crippen LogP contribution in [0.4, 0.5) is 0 Å². The number of fused-ring (bicyclic) bond motifs is 1. The van der Waals surface area contributed by atoms with Crippen LogP contribution in [0.1, 0.15) is 45.3 Å². The van der Waals surface area contributed by atoms with Gasteiger partial charge in [-0.05, 0) is 50.1 Å². The second-order valence-electron chi connectivity index (χ2n) is 7.04. The third-order valence-corrected chi connectivity index (χ3v) is 6.08. The number of aryl methyl sites for hydroxylation is 2. The summed E-state index contributed by atoms with van der Waals surface area (Å²) in [5.74, 6) is -0.132. The lowest BCUT2D eigenvalue weighted by Gasteiger charge is -2.22. The van der Waals surface area contributed by atoms with E-state index in [2.05, 4.69) is 50.7 Å². The summed E-state index contributed by atoms with van der Waals surface area (Å²) in [6.07, 6.45) is 3.57. The lowest BCUT2D eigenvalue weighted by Crippen LogP contribution is -2.29. The van der Waals surface area contributed by atoms with Crippen LogP contribution in [0.5, 0.6) is 0 Å². The van der Waals surface area contributed by atoms with Gasteiger partial charge in [0.15, 0.2) is 0 Å². The zero-order chi connectivity index (χ0) is 19.8. The Morgan fingerprint density at radius 1 is 1.25 bits per heavy atom. The van der Waals surface area contributed by atoms with E-state index in [-0.39, 0.29) is 11.9 Å². The fraction of sp³-hybridized carbons (Fsp3) is 0.300. The molecule has 0 aliphatic carbocycles. The van der Waals surface area contributed by atoms with E-state index >= 15 is 0 Å². The van der Waals surface area contributed by atoms with Gasteiger partial charge in [0.2, 0.25) is 0 Å². The van der Waals surface area contributed by atoms with Crippen molar-refractivity contribution in [2.45, 2.75) is 33.4 Å². The molecule has 1 atom stereocenters. The number of nitrogens with zero attached hydrogens (tertiary/aromatic N) is 5. The van der Waals surface area contributed by atoms with Crippen LogP contribution in [0.3, 0.4) is 0 Å². The number of hydrogen-bond acceptors (Lipinski definition) is 5. The molecule has 7 nitrogen and oxygen atoms in total. The van der Waals surface area contributed by atoms with Crippen molar-refractivity contribution < 1.29 is 4.79 Å². The number of benzene rings is 1. The van der Waals surface area contributed by atoms with Crippen molar-refractivity contribution in [2.75, 3.05) is 7.05 Å². The zero-order valence-corrected chi connectivity index (χ0v) is 17.1. The molecule has 0 saturated carbocycles. The largest absolute Gasteiger partial charge is 0.331 e. The van der Waals surface area contributed by atoms with E-state index in [9.17, 15) is 4.79 Å². The molecule has 0 spiro atoms. The summed E-state index contributed by atoms with van der Waals surface area (Å²) >= 11 is 1.54. The van der Waals surface area contributed by atoms with Crippen molar-refractivity contribution in [1.82, 2.24) is 29.6 Å². The highest BCUT2D eigenvalue weighted by atomic mass is 32.1. The molecule has 3 heterocycles. The minimum absolute atomic E-state index is 0.101.